The second-order valence-electron chi connectivity index (χ2n) is 8.32. The third-order valence-corrected chi connectivity index (χ3v) is 5.83. The van der Waals surface area contributed by atoms with Gasteiger partial charge in [0.15, 0.2) is 11.5 Å². The van der Waals surface area contributed by atoms with Crippen LogP contribution < -0.4 is 14.9 Å². The number of amides is 1. The second kappa shape index (κ2) is 11.2. The summed E-state index contributed by atoms with van der Waals surface area (Å²) in [6, 6.07) is 34.6. The number of rotatable bonds is 8. The fourth-order valence-electron chi connectivity index (χ4n) is 3.96. The molecule has 5 rings (SSSR count). The van der Waals surface area contributed by atoms with Gasteiger partial charge in [-0.05, 0) is 41.5 Å². The van der Waals surface area contributed by atoms with E-state index in [0.717, 1.165) is 33.3 Å². The monoisotopic (exact) mass is 487 g/mol. The second-order valence-corrected chi connectivity index (χ2v) is 8.32. The predicted octanol–water partition coefficient (Wildman–Crippen LogP) is 6.25. The van der Waals surface area contributed by atoms with Gasteiger partial charge in [0.25, 0.3) is 5.91 Å². The molecular weight excluding hydrogens is 462 g/mol. The summed E-state index contributed by atoms with van der Waals surface area (Å²) in [6.07, 6.45) is 1.57. The third kappa shape index (κ3) is 5.65. The molecule has 1 aromatic heterocycles. The number of fused-ring (bicyclic) bond motifs is 1. The van der Waals surface area contributed by atoms with Crippen molar-refractivity contribution in [1.29, 1.82) is 0 Å². The van der Waals surface area contributed by atoms with Crippen LogP contribution in [-0.4, -0.2) is 24.2 Å². The molecule has 1 heterocycles. The lowest BCUT2D eigenvalue weighted by molar-refractivity contribution is 0.0956. The molecule has 1 amide bonds. The van der Waals surface area contributed by atoms with E-state index in [4.69, 9.17) is 14.5 Å². The number of carbonyl (C=O) groups excluding carboxylic acids is 1. The van der Waals surface area contributed by atoms with Crippen LogP contribution in [0.25, 0.3) is 22.2 Å². The standard InChI is InChI=1S/C31H25N3O3/c1-36-30-18-23(16-17-29(30)37-21-22-10-4-2-5-11-22)20-32-34-31(35)26-19-28(24-12-6-3-7-13-24)33-27-15-9-8-14-25(26)27/h2-20H,21H2,1H3,(H,34,35). The van der Waals surface area contributed by atoms with Gasteiger partial charge in [0.2, 0.25) is 0 Å². The normalized spacial score (nSPS) is 10.9. The summed E-state index contributed by atoms with van der Waals surface area (Å²) in [4.78, 5) is 17.9. The van der Waals surface area contributed by atoms with Gasteiger partial charge in [0.05, 0.1) is 30.1 Å². The Hall–Kier alpha value is -4.97. The van der Waals surface area contributed by atoms with Crippen LogP contribution in [0.4, 0.5) is 0 Å². The SMILES string of the molecule is COc1cc(C=NNC(=O)c2cc(-c3ccccc3)nc3ccccc23)ccc1OCc1ccccc1. The van der Waals surface area contributed by atoms with Crippen molar-refractivity contribution in [3.05, 3.63) is 126 Å². The van der Waals surface area contributed by atoms with Crippen LogP contribution in [0.5, 0.6) is 11.5 Å². The summed E-state index contributed by atoms with van der Waals surface area (Å²) >= 11 is 0. The van der Waals surface area contributed by atoms with E-state index in [1.54, 1.807) is 19.4 Å². The Balaban J connectivity index is 1.33. The van der Waals surface area contributed by atoms with Crippen LogP contribution in [0.3, 0.4) is 0 Å². The Kier molecular flexibility index (Phi) is 7.18. The number of benzene rings is 4. The van der Waals surface area contributed by atoms with Gasteiger partial charge < -0.3 is 9.47 Å². The molecule has 0 aliphatic rings. The number of aromatic nitrogens is 1. The molecule has 0 aliphatic heterocycles. The fraction of sp³-hybridized carbons (Fsp3) is 0.0645. The van der Waals surface area contributed by atoms with Crippen molar-refractivity contribution in [2.75, 3.05) is 7.11 Å². The number of methoxy groups -OCH3 is 1. The van der Waals surface area contributed by atoms with Crippen molar-refractivity contribution in [2.24, 2.45) is 5.10 Å². The van der Waals surface area contributed by atoms with Crippen LogP contribution in [0.2, 0.25) is 0 Å². The minimum atomic E-state index is -0.318. The lowest BCUT2D eigenvalue weighted by atomic mass is 10.0. The average Bonchev–Trinajstić information content (AvgIpc) is 2.96. The molecule has 0 bridgehead atoms. The van der Waals surface area contributed by atoms with Gasteiger partial charge in [-0.25, -0.2) is 10.4 Å². The lowest BCUT2D eigenvalue weighted by Crippen LogP contribution is -2.18. The highest BCUT2D eigenvalue weighted by molar-refractivity contribution is 6.07. The Morgan fingerprint density at radius 1 is 0.865 bits per heavy atom. The average molecular weight is 488 g/mol. The molecule has 0 atom stereocenters. The molecule has 6 nitrogen and oxygen atoms in total. The van der Waals surface area contributed by atoms with Gasteiger partial charge in [-0.1, -0.05) is 78.9 Å². The minimum Gasteiger partial charge on any atom is -0.493 e. The predicted molar refractivity (Wildman–Crippen MR) is 146 cm³/mol. The first-order valence-electron chi connectivity index (χ1n) is 11.8. The molecule has 0 saturated heterocycles. The van der Waals surface area contributed by atoms with E-state index in [1.807, 2.05) is 103 Å². The zero-order chi connectivity index (χ0) is 25.5. The highest BCUT2D eigenvalue weighted by atomic mass is 16.5. The van der Waals surface area contributed by atoms with Crippen molar-refractivity contribution < 1.29 is 14.3 Å². The molecule has 1 N–H and O–H groups in total. The Morgan fingerprint density at radius 2 is 1.59 bits per heavy atom. The topological polar surface area (TPSA) is 72.8 Å². The Bertz CT molecular complexity index is 1550. The van der Waals surface area contributed by atoms with Gasteiger partial charge in [-0.15, -0.1) is 0 Å². The molecule has 0 radical (unpaired) electrons. The number of pyridine rings is 1. The van der Waals surface area contributed by atoms with Crippen LogP contribution in [-0.2, 0) is 6.61 Å². The molecule has 182 valence electrons. The first-order valence-corrected chi connectivity index (χ1v) is 11.8. The highest BCUT2D eigenvalue weighted by Gasteiger charge is 2.13. The van der Waals surface area contributed by atoms with Crippen molar-refractivity contribution in [3.63, 3.8) is 0 Å². The van der Waals surface area contributed by atoms with E-state index >= 15 is 0 Å². The largest absolute Gasteiger partial charge is 0.493 e. The smallest absolute Gasteiger partial charge is 0.272 e. The van der Waals surface area contributed by atoms with Gasteiger partial charge >= 0.3 is 0 Å². The third-order valence-electron chi connectivity index (χ3n) is 5.83. The number of nitrogens with zero attached hydrogens (tertiary/aromatic N) is 2. The summed E-state index contributed by atoms with van der Waals surface area (Å²) in [6.45, 7) is 0.436. The Labute approximate surface area is 215 Å². The molecule has 37 heavy (non-hydrogen) atoms. The summed E-state index contributed by atoms with van der Waals surface area (Å²) < 4.78 is 11.4. The van der Waals surface area contributed by atoms with Crippen LogP contribution in [0, 0.1) is 0 Å². The van der Waals surface area contributed by atoms with Crippen LogP contribution >= 0.6 is 0 Å². The van der Waals surface area contributed by atoms with Crippen LogP contribution in [0.1, 0.15) is 21.5 Å². The maximum atomic E-state index is 13.1. The molecule has 0 saturated carbocycles. The number of hydrazone groups is 1. The molecule has 5 aromatic rings. The maximum absolute atomic E-state index is 13.1. The number of para-hydroxylation sites is 1. The van der Waals surface area contributed by atoms with E-state index in [9.17, 15) is 4.79 Å². The van der Waals surface area contributed by atoms with Crippen molar-refractivity contribution in [1.82, 2.24) is 10.4 Å². The van der Waals surface area contributed by atoms with E-state index in [1.165, 1.54) is 0 Å². The van der Waals surface area contributed by atoms with Crippen molar-refractivity contribution in [3.8, 4) is 22.8 Å². The van der Waals surface area contributed by atoms with Crippen molar-refractivity contribution >= 4 is 23.0 Å². The molecular formula is C31H25N3O3. The first kappa shape index (κ1) is 23.8. The molecule has 4 aromatic carbocycles. The number of carbonyl (C=O) groups is 1. The van der Waals surface area contributed by atoms with Gasteiger partial charge in [0, 0.05) is 10.9 Å². The van der Waals surface area contributed by atoms with E-state index < -0.39 is 0 Å². The fourth-order valence-corrected chi connectivity index (χ4v) is 3.96. The number of nitrogens with one attached hydrogen (secondary N) is 1. The van der Waals surface area contributed by atoms with E-state index in [2.05, 4.69) is 10.5 Å². The zero-order valence-corrected chi connectivity index (χ0v) is 20.3. The highest BCUT2D eigenvalue weighted by Crippen LogP contribution is 2.28. The molecule has 6 heteroatoms. The quantitative estimate of drug-likeness (QED) is 0.207. The van der Waals surface area contributed by atoms with Crippen molar-refractivity contribution in [2.45, 2.75) is 6.61 Å². The number of ether oxygens (including phenoxy) is 2. The van der Waals surface area contributed by atoms with E-state index in [-0.39, 0.29) is 5.91 Å². The zero-order valence-electron chi connectivity index (χ0n) is 20.3. The van der Waals surface area contributed by atoms with Gasteiger partial charge in [-0.3, -0.25) is 4.79 Å². The molecule has 0 aliphatic carbocycles. The molecule has 0 spiro atoms. The molecule has 0 fully saturated rings. The lowest BCUT2D eigenvalue weighted by Gasteiger charge is -2.11. The van der Waals surface area contributed by atoms with Gasteiger partial charge in [-0.2, -0.15) is 5.10 Å². The van der Waals surface area contributed by atoms with Gasteiger partial charge in [0.1, 0.15) is 6.61 Å². The summed E-state index contributed by atoms with van der Waals surface area (Å²) in [5.41, 5.74) is 7.38. The maximum Gasteiger partial charge on any atom is 0.272 e. The summed E-state index contributed by atoms with van der Waals surface area (Å²) in [7, 11) is 1.59. The summed E-state index contributed by atoms with van der Waals surface area (Å²) in [5, 5.41) is 4.95. The number of hydrogen-bond donors (Lipinski definition) is 1. The Morgan fingerprint density at radius 3 is 2.38 bits per heavy atom. The van der Waals surface area contributed by atoms with Crippen LogP contribution in [0.15, 0.2) is 114 Å². The number of hydrogen-bond acceptors (Lipinski definition) is 5. The first-order chi connectivity index (χ1) is 18.2. The summed E-state index contributed by atoms with van der Waals surface area (Å²) in [5.74, 6) is 0.893. The van der Waals surface area contributed by atoms with E-state index in [0.29, 0.717) is 23.7 Å². The molecule has 0 unspecified atom stereocenters. The minimum absolute atomic E-state index is 0.318.